The first-order valence-corrected chi connectivity index (χ1v) is 12.4. The van der Waals surface area contributed by atoms with E-state index in [1.165, 1.54) is 0 Å². The van der Waals surface area contributed by atoms with Crippen LogP contribution in [0.25, 0.3) is 6.08 Å². The quantitative estimate of drug-likeness (QED) is 0.438. The Morgan fingerprint density at radius 2 is 1.77 bits per heavy atom. The number of carbonyl (C=O) groups is 1. The molecule has 1 aliphatic rings. The molecule has 0 saturated carbocycles. The lowest BCUT2D eigenvalue weighted by Crippen LogP contribution is -2.61. The Kier molecular flexibility index (Phi) is 13.0. The third-order valence-corrected chi connectivity index (χ3v) is 5.25. The van der Waals surface area contributed by atoms with Crippen molar-refractivity contribution in [1.29, 1.82) is 0 Å². The molecule has 35 heavy (non-hydrogen) atoms. The van der Waals surface area contributed by atoms with E-state index >= 15 is 0 Å². The maximum atomic E-state index is 12.6. The molecule has 2 aromatic rings. The van der Waals surface area contributed by atoms with Gasteiger partial charge in [0.2, 0.25) is 0 Å². The third-order valence-electron chi connectivity index (χ3n) is 4.82. The monoisotopic (exact) mass is 499 g/mol. The van der Waals surface area contributed by atoms with Gasteiger partial charge in [-0.1, -0.05) is 56.8 Å². The summed E-state index contributed by atoms with van der Waals surface area (Å²) < 4.78 is 0. The van der Waals surface area contributed by atoms with Gasteiger partial charge in [0.15, 0.2) is 5.82 Å². The van der Waals surface area contributed by atoms with E-state index in [-0.39, 0.29) is 17.6 Å². The van der Waals surface area contributed by atoms with Gasteiger partial charge in [-0.25, -0.2) is 25.2 Å². The summed E-state index contributed by atoms with van der Waals surface area (Å²) in [6, 6.07) is 12.0. The van der Waals surface area contributed by atoms with Crippen LogP contribution in [0.1, 0.15) is 59.5 Å². The number of amidine groups is 1. The molecule has 192 valence electrons. The molecule has 9 heteroatoms. The number of hydrogen-bond acceptors (Lipinski definition) is 6. The van der Waals surface area contributed by atoms with Gasteiger partial charge >= 0.3 is 6.03 Å². The summed E-state index contributed by atoms with van der Waals surface area (Å²) in [5.41, 5.74) is 6.58. The second-order valence-corrected chi connectivity index (χ2v) is 8.99. The first-order chi connectivity index (χ1) is 16.6. The zero-order chi connectivity index (χ0) is 26.4. The molecule has 0 radical (unpaired) electrons. The number of urea groups is 1. The van der Waals surface area contributed by atoms with Crippen molar-refractivity contribution in [3.63, 3.8) is 0 Å². The number of rotatable bonds is 3. The van der Waals surface area contributed by atoms with E-state index in [1.807, 2.05) is 82.8 Å². The molecule has 0 bridgehead atoms. The highest BCUT2D eigenvalue weighted by molar-refractivity contribution is 7.80. The van der Waals surface area contributed by atoms with E-state index in [4.69, 9.17) is 0 Å². The van der Waals surface area contributed by atoms with Gasteiger partial charge in [0.05, 0.1) is 16.1 Å². The predicted molar refractivity (Wildman–Crippen MR) is 149 cm³/mol. The molecule has 2 amide bonds. The van der Waals surface area contributed by atoms with Crippen LogP contribution in [0.3, 0.4) is 0 Å². The Labute approximate surface area is 216 Å². The smallest absolute Gasteiger partial charge is 0.318 e. The fourth-order valence-corrected chi connectivity index (χ4v) is 3.37. The van der Waals surface area contributed by atoms with E-state index in [9.17, 15) is 4.79 Å². The Morgan fingerprint density at radius 3 is 2.29 bits per heavy atom. The molecule has 3 N–H and O–H groups in total. The molecule has 1 aromatic carbocycles. The highest BCUT2D eigenvalue weighted by Gasteiger charge is 2.32. The number of benzene rings is 1. The van der Waals surface area contributed by atoms with Crippen molar-refractivity contribution in [1.82, 2.24) is 31.0 Å². The average molecular weight is 500 g/mol. The van der Waals surface area contributed by atoms with E-state index < -0.39 is 0 Å². The normalized spacial score (nSPS) is 15.9. The Bertz CT molecular complexity index is 935. The minimum atomic E-state index is -0.353. The number of carbonyl (C=O) groups excluding carboxylic acids is 1. The number of hydrazine groups is 1. The van der Waals surface area contributed by atoms with Gasteiger partial charge in [0, 0.05) is 25.6 Å². The first kappa shape index (κ1) is 30.1. The van der Waals surface area contributed by atoms with E-state index in [0.717, 1.165) is 0 Å². The van der Waals surface area contributed by atoms with Gasteiger partial charge in [0.1, 0.15) is 11.7 Å². The van der Waals surface area contributed by atoms with Gasteiger partial charge < -0.3 is 15.6 Å². The van der Waals surface area contributed by atoms with Crippen LogP contribution in [-0.4, -0.2) is 51.4 Å². The van der Waals surface area contributed by atoms with E-state index in [0.29, 0.717) is 47.6 Å². The number of thiol groups is 1. The van der Waals surface area contributed by atoms with Crippen LogP contribution >= 0.6 is 12.6 Å². The van der Waals surface area contributed by atoms with Gasteiger partial charge in [-0.2, -0.15) is 0 Å². The summed E-state index contributed by atoms with van der Waals surface area (Å²) in [5, 5.41) is 2.97. The molecule has 0 atom stereocenters. The van der Waals surface area contributed by atoms with Crippen molar-refractivity contribution in [2.45, 2.75) is 71.4 Å². The van der Waals surface area contributed by atoms with Crippen molar-refractivity contribution < 1.29 is 4.79 Å². The summed E-state index contributed by atoms with van der Waals surface area (Å²) in [6.07, 6.45) is 2.17. The fourth-order valence-electron chi connectivity index (χ4n) is 3.13. The van der Waals surface area contributed by atoms with Gasteiger partial charge in [-0.05, 0) is 40.7 Å². The predicted octanol–water partition coefficient (Wildman–Crippen LogP) is 5.16. The summed E-state index contributed by atoms with van der Waals surface area (Å²) in [7, 11) is 0. The number of hydrogen-bond donors (Lipinski definition) is 4. The molecule has 0 unspecified atom stereocenters. The SMILES string of the molecule is C=Cc1nc(C)nc(N=C2CCN(C(=O)NC(C)C)C(C)(C)CNN2)c1S.CC.c1ccccc1. The first-order valence-electron chi connectivity index (χ1n) is 12.0. The van der Waals surface area contributed by atoms with Crippen molar-refractivity contribution >= 4 is 36.4 Å². The number of nitrogens with zero attached hydrogens (tertiary/aromatic N) is 4. The summed E-state index contributed by atoms with van der Waals surface area (Å²) in [5.74, 6) is 1.75. The van der Waals surface area contributed by atoms with Crippen molar-refractivity contribution in [2.75, 3.05) is 13.1 Å². The molecular weight excluding hydrogens is 458 g/mol. The lowest BCUT2D eigenvalue weighted by Gasteiger charge is -2.41. The van der Waals surface area contributed by atoms with Crippen LogP contribution in [0.2, 0.25) is 0 Å². The lowest BCUT2D eigenvalue weighted by molar-refractivity contribution is 0.128. The topological polar surface area (TPSA) is 94.5 Å². The molecule has 0 aliphatic carbocycles. The lowest BCUT2D eigenvalue weighted by atomic mass is 10.0. The molecule has 0 spiro atoms. The van der Waals surface area contributed by atoms with Crippen LogP contribution in [0.4, 0.5) is 10.6 Å². The van der Waals surface area contributed by atoms with Crippen molar-refractivity contribution in [3.05, 3.63) is 54.5 Å². The van der Waals surface area contributed by atoms with Crippen LogP contribution in [-0.2, 0) is 0 Å². The van der Waals surface area contributed by atoms with Gasteiger partial charge in [0.25, 0.3) is 0 Å². The fraction of sp³-hybridized carbons (Fsp3) is 0.462. The largest absolute Gasteiger partial charge is 0.336 e. The maximum Gasteiger partial charge on any atom is 0.318 e. The number of aliphatic imine (C=N–C) groups is 1. The highest BCUT2D eigenvalue weighted by atomic mass is 32.1. The van der Waals surface area contributed by atoms with Crippen LogP contribution in [0.5, 0.6) is 0 Å². The Morgan fingerprint density at radius 1 is 1.20 bits per heavy atom. The van der Waals surface area contributed by atoms with Gasteiger partial charge in [-0.3, -0.25) is 0 Å². The molecule has 3 rings (SSSR count). The van der Waals surface area contributed by atoms with Crippen LogP contribution < -0.4 is 16.2 Å². The summed E-state index contributed by atoms with van der Waals surface area (Å²) in [6.45, 7) is 18.6. The molecule has 1 saturated heterocycles. The molecule has 2 heterocycles. The highest BCUT2D eigenvalue weighted by Crippen LogP contribution is 2.25. The van der Waals surface area contributed by atoms with Crippen LogP contribution in [0.15, 0.2) is 52.9 Å². The average Bonchev–Trinajstić information content (AvgIpc) is 2.82. The van der Waals surface area contributed by atoms with Crippen molar-refractivity contribution in [2.24, 2.45) is 4.99 Å². The molecular formula is C26H41N7OS. The number of amides is 2. The number of aromatic nitrogens is 2. The van der Waals surface area contributed by atoms with Crippen LogP contribution in [0, 0.1) is 6.92 Å². The van der Waals surface area contributed by atoms with E-state index in [1.54, 1.807) is 13.0 Å². The minimum absolute atomic E-state index is 0.0750. The second-order valence-electron chi connectivity index (χ2n) is 8.54. The van der Waals surface area contributed by atoms with E-state index in [2.05, 4.69) is 50.3 Å². The zero-order valence-corrected chi connectivity index (χ0v) is 23.0. The summed E-state index contributed by atoms with van der Waals surface area (Å²) >= 11 is 4.48. The summed E-state index contributed by atoms with van der Waals surface area (Å²) in [4.78, 5) is 28.3. The number of nitrogens with one attached hydrogen (secondary N) is 3. The number of aryl methyl sites for hydroxylation is 1. The Hall–Kier alpha value is -2.91. The van der Waals surface area contributed by atoms with Crippen molar-refractivity contribution in [3.8, 4) is 0 Å². The molecule has 8 nitrogen and oxygen atoms in total. The Balaban J connectivity index is 0.000000654. The maximum absolute atomic E-state index is 12.6. The third kappa shape index (κ3) is 10.1. The molecule has 1 aromatic heterocycles. The second kappa shape index (κ2) is 15.2. The standard InChI is InChI=1S/C18H29N7OS.C6H6.C2H6/c1-7-13-15(27)16(22-12(4)21-13)23-14-8-9-25(17(26)20-11(2)3)18(5,6)10-19-24-14;1-2-4-6-5-3-1;1-2/h7,11,19,27H,1,8-10H2,2-6H3,(H,20,26)(H,21,22,23,24);1-6H;1-2H3. The minimum Gasteiger partial charge on any atom is -0.336 e. The zero-order valence-electron chi connectivity index (χ0n) is 22.1. The molecule has 1 fully saturated rings. The van der Waals surface area contributed by atoms with Gasteiger partial charge in [-0.15, -0.1) is 12.6 Å². The molecule has 1 aliphatic heterocycles.